The topological polar surface area (TPSA) is 105 Å². The molecule has 0 aliphatic heterocycles. The standard InChI is InChI=1S/C27H19BrN2O6/c1-34-27(33)21-22(35-25(31)19-8-4-2-5-9-19)24(36-26(32)20-10-6-3-7-11-20)30-23(29-21)18-14-12-17(16-28)13-15-18/h2-15H,16H2,1H3. The van der Waals surface area contributed by atoms with Crippen molar-refractivity contribution in [1.82, 2.24) is 9.97 Å². The van der Waals surface area contributed by atoms with Crippen LogP contribution in [0, 0.1) is 0 Å². The lowest BCUT2D eigenvalue weighted by molar-refractivity contribution is 0.0575. The van der Waals surface area contributed by atoms with Crippen LogP contribution in [0.1, 0.15) is 36.8 Å². The van der Waals surface area contributed by atoms with Crippen molar-refractivity contribution in [3.8, 4) is 23.0 Å². The van der Waals surface area contributed by atoms with Crippen molar-refractivity contribution in [3.05, 3.63) is 107 Å². The predicted octanol–water partition coefficient (Wildman–Crippen LogP) is 5.26. The quantitative estimate of drug-likeness (QED) is 0.228. The Balaban J connectivity index is 1.84. The summed E-state index contributed by atoms with van der Waals surface area (Å²) >= 11 is 3.39. The number of hydrogen-bond donors (Lipinski definition) is 0. The Hall–Kier alpha value is -4.37. The molecule has 0 unspecified atom stereocenters. The zero-order chi connectivity index (χ0) is 25.5. The van der Waals surface area contributed by atoms with Gasteiger partial charge in [0, 0.05) is 10.9 Å². The third-order valence-electron chi connectivity index (χ3n) is 4.98. The van der Waals surface area contributed by atoms with Crippen molar-refractivity contribution in [2.24, 2.45) is 0 Å². The molecular formula is C27H19BrN2O6. The van der Waals surface area contributed by atoms with E-state index in [0.29, 0.717) is 10.9 Å². The molecule has 36 heavy (non-hydrogen) atoms. The molecule has 0 saturated heterocycles. The highest BCUT2D eigenvalue weighted by Gasteiger charge is 2.28. The Labute approximate surface area is 215 Å². The fourth-order valence-corrected chi connectivity index (χ4v) is 3.52. The van der Waals surface area contributed by atoms with Gasteiger partial charge in [-0.15, -0.1) is 0 Å². The van der Waals surface area contributed by atoms with E-state index in [2.05, 4.69) is 25.9 Å². The number of rotatable bonds is 7. The van der Waals surface area contributed by atoms with Crippen LogP contribution in [-0.2, 0) is 10.1 Å². The second-order valence-corrected chi connectivity index (χ2v) is 7.92. The summed E-state index contributed by atoms with van der Waals surface area (Å²) in [5, 5.41) is 0.649. The van der Waals surface area contributed by atoms with Crippen molar-refractivity contribution in [1.29, 1.82) is 0 Å². The molecule has 0 atom stereocenters. The van der Waals surface area contributed by atoms with Gasteiger partial charge in [0.05, 0.1) is 18.2 Å². The first-order chi connectivity index (χ1) is 17.5. The monoisotopic (exact) mass is 546 g/mol. The van der Waals surface area contributed by atoms with Crippen LogP contribution >= 0.6 is 15.9 Å². The predicted molar refractivity (Wildman–Crippen MR) is 134 cm³/mol. The maximum Gasteiger partial charge on any atom is 0.360 e. The van der Waals surface area contributed by atoms with E-state index >= 15 is 0 Å². The molecule has 8 nitrogen and oxygen atoms in total. The number of aromatic nitrogens is 2. The largest absolute Gasteiger partial charge is 0.464 e. The van der Waals surface area contributed by atoms with Gasteiger partial charge in [-0.1, -0.05) is 76.6 Å². The highest BCUT2D eigenvalue weighted by atomic mass is 79.9. The third-order valence-corrected chi connectivity index (χ3v) is 5.63. The summed E-state index contributed by atoms with van der Waals surface area (Å²) in [7, 11) is 1.16. The van der Waals surface area contributed by atoms with Gasteiger partial charge in [-0.2, -0.15) is 4.98 Å². The van der Waals surface area contributed by atoms with Crippen LogP contribution < -0.4 is 9.47 Å². The number of halogens is 1. The number of nitrogens with zero attached hydrogens (tertiary/aromatic N) is 2. The first kappa shape index (κ1) is 24.7. The first-order valence-electron chi connectivity index (χ1n) is 10.7. The Morgan fingerprint density at radius 1 is 0.722 bits per heavy atom. The molecule has 0 fully saturated rings. The molecule has 0 aliphatic carbocycles. The lowest BCUT2D eigenvalue weighted by atomic mass is 10.1. The van der Waals surface area contributed by atoms with Crippen molar-refractivity contribution in [2.45, 2.75) is 5.33 Å². The third kappa shape index (κ3) is 5.64. The van der Waals surface area contributed by atoms with Crippen LogP contribution in [0.2, 0.25) is 0 Å². The van der Waals surface area contributed by atoms with E-state index in [0.717, 1.165) is 12.7 Å². The van der Waals surface area contributed by atoms with Crippen LogP contribution in [0.5, 0.6) is 11.6 Å². The Kier molecular flexibility index (Phi) is 7.82. The minimum Gasteiger partial charge on any atom is -0.464 e. The van der Waals surface area contributed by atoms with Gasteiger partial charge < -0.3 is 14.2 Å². The number of hydrogen-bond acceptors (Lipinski definition) is 8. The minimum atomic E-state index is -0.899. The second-order valence-electron chi connectivity index (χ2n) is 7.36. The summed E-state index contributed by atoms with van der Waals surface area (Å²) in [4.78, 5) is 47.0. The highest BCUT2D eigenvalue weighted by molar-refractivity contribution is 9.08. The van der Waals surface area contributed by atoms with Gasteiger partial charge in [0.15, 0.2) is 11.5 Å². The van der Waals surface area contributed by atoms with Gasteiger partial charge in [0.25, 0.3) is 5.88 Å². The van der Waals surface area contributed by atoms with Crippen LogP contribution in [-0.4, -0.2) is 35.0 Å². The first-order valence-corrected chi connectivity index (χ1v) is 11.8. The summed E-state index contributed by atoms with van der Waals surface area (Å²) in [6, 6.07) is 23.5. The van der Waals surface area contributed by atoms with Crippen molar-refractivity contribution in [3.63, 3.8) is 0 Å². The van der Waals surface area contributed by atoms with E-state index in [1.807, 2.05) is 12.1 Å². The maximum absolute atomic E-state index is 12.9. The second kappa shape index (κ2) is 11.4. The maximum atomic E-state index is 12.9. The SMILES string of the molecule is COC(=O)c1nc(-c2ccc(CBr)cc2)nc(OC(=O)c2ccccc2)c1OC(=O)c1ccccc1. The minimum absolute atomic E-state index is 0.0758. The van der Waals surface area contributed by atoms with E-state index in [4.69, 9.17) is 14.2 Å². The van der Waals surface area contributed by atoms with Crippen molar-refractivity contribution >= 4 is 33.8 Å². The molecule has 9 heteroatoms. The van der Waals surface area contributed by atoms with Crippen LogP contribution in [0.25, 0.3) is 11.4 Å². The van der Waals surface area contributed by atoms with E-state index in [9.17, 15) is 14.4 Å². The zero-order valence-electron chi connectivity index (χ0n) is 19.0. The normalized spacial score (nSPS) is 10.4. The Morgan fingerprint density at radius 3 is 1.81 bits per heavy atom. The Bertz CT molecular complexity index is 1390. The van der Waals surface area contributed by atoms with Gasteiger partial charge in [0.1, 0.15) is 0 Å². The summed E-state index contributed by atoms with van der Waals surface area (Å²) < 4.78 is 15.9. The number of ether oxygens (including phenoxy) is 3. The van der Waals surface area contributed by atoms with Gasteiger partial charge >= 0.3 is 17.9 Å². The van der Waals surface area contributed by atoms with Crippen LogP contribution in [0.4, 0.5) is 0 Å². The zero-order valence-corrected chi connectivity index (χ0v) is 20.6. The molecule has 4 rings (SSSR count). The van der Waals surface area contributed by atoms with E-state index in [-0.39, 0.29) is 22.6 Å². The van der Waals surface area contributed by atoms with Gasteiger partial charge in [-0.3, -0.25) is 0 Å². The molecule has 0 bridgehead atoms. The summed E-state index contributed by atoms with van der Waals surface area (Å²) in [6.07, 6.45) is 0. The summed E-state index contributed by atoms with van der Waals surface area (Å²) in [5.41, 5.74) is 1.63. The molecular weight excluding hydrogens is 528 g/mol. The number of esters is 3. The van der Waals surface area contributed by atoms with Crippen molar-refractivity contribution in [2.75, 3.05) is 7.11 Å². The lowest BCUT2D eigenvalue weighted by Crippen LogP contribution is -2.18. The van der Waals surface area contributed by atoms with Crippen LogP contribution in [0.3, 0.4) is 0 Å². The molecule has 1 heterocycles. The molecule has 0 radical (unpaired) electrons. The molecule has 0 saturated carbocycles. The number of benzene rings is 3. The molecule has 180 valence electrons. The number of carbonyl (C=O) groups excluding carboxylic acids is 3. The van der Waals surface area contributed by atoms with Crippen LogP contribution in [0.15, 0.2) is 84.9 Å². The van der Waals surface area contributed by atoms with E-state index < -0.39 is 29.5 Å². The molecule has 3 aromatic carbocycles. The lowest BCUT2D eigenvalue weighted by Gasteiger charge is -2.14. The van der Waals surface area contributed by atoms with Gasteiger partial charge in [0.2, 0.25) is 5.75 Å². The van der Waals surface area contributed by atoms with Gasteiger partial charge in [-0.05, 0) is 29.8 Å². The van der Waals surface area contributed by atoms with E-state index in [1.165, 1.54) is 12.1 Å². The summed E-state index contributed by atoms with van der Waals surface area (Å²) in [6.45, 7) is 0. The van der Waals surface area contributed by atoms with Crippen molar-refractivity contribution < 1.29 is 28.6 Å². The van der Waals surface area contributed by atoms with Gasteiger partial charge in [-0.25, -0.2) is 19.4 Å². The molecule has 0 spiro atoms. The average Bonchev–Trinajstić information content (AvgIpc) is 2.94. The Morgan fingerprint density at radius 2 is 1.28 bits per heavy atom. The molecule has 0 aliphatic rings. The molecule has 4 aromatic rings. The number of alkyl halides is 1. The van der Waals surface area contributed by atoms with E-state index in [1.54, 1.807) is 60.7 Å². The summed E-state index contributed by atoms with van der Waals surface area (Å²) in [5.74, 6) is -3.21. The number of methoxy groups -OCH3 is 1. The average molecular weight is 547 g/mol. The molecule has 0 N–H and O–H groups in total. The fourth-order valence-electron chi connectivity index (χ4n) is 3.14. The molecule has 0 amide bonds. The smallest absolute Gasteiger partial charge is 0.360 e. The highest BCUT2D eigenvalue weighted by Crippen LogP contribution is 2.33. The fraction of sp³-hybridized carbons (Fsp3) is 0.0741. The number of carbonyl (C=O) groups is 3. The molecule has 1 aromatic heterocycles.